The minimum atomic E-state index is -0.834. The van der Waals surface area contributed by atoms with Crippen LogP contribution in [0, 0.1) is 10.8 Å². The first-order valence-electron chi connectivity index (χ1n) is 6.17. The number of unbranched alkanes of at least 4 members (excludes halogenated alkanes) is 5. The van der Waals surface area contributed by atoms with Gasteiger partial charge in [0.05, 0.1) is 0 Å². The molecule has 1 atom stereocenters. The minimum absolute atomic E-state index is 0.271. The Labute approximate surface area is 102 Å². The third-order valence-electron chi connectivity index (χ3n) is 2.75. The highest BCUT2D eigenvalue weighted by Crippen LogP contribution is 2.15. The highest BCUT2D eigenvalue weighted by Gasteiger charge is 2.25. The molecular weight excluding hydrogens is 222 g/mol. The van der Waals surface area contributed by atoms with Crippen LogP contribution in [0.25, 0.3) is 0 Å². The molecule has 0 radical (unpaired) electrons. The molecule has 5 nitrogen and oxygen atoms in total. The maximum atomic E-state index is 11.2. The fourth-order valence-corrected chi connectivity index (χ4v) is 1.72. The van der Waals surface area contributed by atoms with Crippen LogP contribution in [0.5, 0.6) is 0 Å². The van der Waals surface area contributed by atoms with Crippen molar-refractivity contribution in [3.63, 3.8) is 0 Å². The molecule has 1 unspecified atom stereocenters. The Morgan fingerprint density at radius 2 is 1.71 bits per heavy atom. The average molecular weight is 243 g/mol. The Bertz CT molecular complexity index is 253. The maximum Gasteiger partial charge on any atom is 0.348 e. The van der Waals surface area contributed by atoms with Crippen LogP contribution in [-0.2, 0) is 14.4 Å². The second-order valence-corrected chi connectivity index (χ2v) is 4.20. The van der Waals surface area contributed by atoms with Gasteiger partial charge in [-0.3, -0.25) is 9.63 Å². The fraction of sp³-hybridized carbons (Fsp3) is 0.833. The van der Waals surface area contributed by atoms with Crippen LogP contribution in [0.15, 0.2) is 5.34 Å². The van der Waals surface area contributed by atoms with E-state index in [1.165, 1.54) is 26.2 Å². The first kappa shape index (κ1) is 15.7. The number of carbonyl (C=O) groups excluding carboxylic acids is 2. The van der Waals surface area contributed by atoms with Gasteiger partial charge in [-0.1, -0.05) is 45.4 Å². The van der Waals surface area contributed by atoms with E-state index in [9.17, 15) is 14.5 Å². The molecule has 0 rings (SSSR count). The Balaban J connectivity index is 3.82. The Kier molecular flexibility index (Phi) is 9.19. The lowest BCUT2D eigenvalue weighted by atomic mass is 9.97. The van der Waals surface area contributed by atoms with Gasteiger partial charge in [-0.15, -0.1) is 4.91 Å². The number of ketones is 1. The van der Waals surface area contributed by atoms with Gasteiger partial charge in [-0.25, -0.2) is 4.79 Å². The van der Waals surface area contributed by atoms with Crippen LogP contribution < -0.4 is 0 Å². The van der Waals surface area contributed by atoms with Crippen LogP contribution in [0.1, 0.15) is 58.8 Å². The van der Waals surface area contributed by atoms with Crippen molar-refractivity contribution in [1.29, 1.82) is 0 Å². The minimum Gasteiger partial charge on any atom is -0.299 e. The summed E-state index contributed by atoms with van der Waals surface area (Å²) in [7, 11) is 0. The standard InChI is InChI=1S/C12H21NO4/c1-3-4-5-6-7-8-9-11(10(2)14)12(15)17-13-16/h11H,3-9H2,1-2H3. The summed E-state index contributed by atoms with van der Waals surface area (Å²) in [6, 6.07) is 0. The molecule has 0 bridgehead atoms. The fourth-order valence-electron chi connectivity index (χ4n) is 1.72. The summed E-state index contributed by atoms with van der Waals surface area (Å²) in [6.45, 7) is 3.47. The van der Waals surface area contributed by atoms with Gasteiger partial charge >= 0.3 is 5.97 Å². The van der Waals surface area contributed by atoms with Gasteiger partial charge in [0, 0.05) is 0 Å². The molecule has 0 aromatic rings. The van der Waals surface area contributed by atoms with Gasteiger partial charge in [0.2, 0.25) is 0 Å². The molecule has 0 aliphatic carbocycles. The van der Waals surface area contributed by atoms with Crippen LogP contribution in [0.4, 0.5) is 0 Å². The van der Waals surface area contributed by atoms with E-state index in [-0.39, 0.29) is 5.78 Å². The Morgan fingerprint density at radius 1 is 1.12 bits per heavy atom. The second-order valence-electron chi connectivity index (χ2n) is 4.20. The molecular formula is C12H21NO4. The summed E-state index contributed by atoms with van der Waals surface area (Å²) in [5.74, 6) is -1.94. The third kappa shape index (κ3) is 7.60. The zero-order valence-corrected chi connectivity index (χ0v) is 10.6. The van der Waals surface area contributed by atoms with E-state index in [1.54, 1.807) is 0 Å². The first-order valence-corrected chi connectivity index (χ1v) is 6.17. The third-order valence-corrected chi connectivity index (χ3v) is 2.75. The van der Waals surface area contributed by atoms with Crippen molar-refractivity contribution in [2.75, 3.05) is 0 Å². The van der Waals surface area contributed by atoms with Gasteiger partial charge in [-0.2, -0.15) is 0 Å². The van der Waals surface area contributed by atoms with Gasteiger partial charge in [0.25, 0.3) is 0 Å². The summed E-state index contributed by atoms with van der Waals surface area (Å²) < 4.78 is 0. The van der Waals surface area contributed by atoms with Crippen LogP contribution in [-0.4, -0.2) is 11.8 Å². The maximum absolute atomic E-state index is 11.2. The van der Waals surface area contributed by atoms with Crippen molar-refractivity contribution in [2.45, 2.75) is 58.8 Å². The van der Waals surface area contributed by atoms with Crippen molar-refractivity contribution >= 4 is 11.8 Å². The smallest absolute Gasteiger partial charge is 0.299 e. The molecule has 0 N–H and O–H groups in total. The molecule has 0 saturated carbocycles. The van der Waals surface area contributed by atoms with Crippen molar-refractivity contribution < 1.29 is 14.4 Å². The number of nitrogens with zero attached hydrogens (tertiary/aromatic N) is 1. The topological polar surface area (TPSA) is 72.8 Å². The zero-order chi connectivity index (χ0) is 13.1. The van der Waals surface area contributed by atoms with Gasteiger partial charge < -0.3 is 0 Å². The van der Waals surface area contributed by atoms with E-state index in [4.69, 9.17) is 0 Å². The molecule has 0 heterocycles. The van der Waals surface area contributed by atoms with Crippen molar-refractivity contribution in [3.8, 4) is 0 Å². The van der Waals surface area contributed by atoms with E-state index in [1.807, 2.05) is 0 Å². The van der Waals surface area contributed by atoms with E-state index >= 15 is 0 Å². The summed E-state index contributed by atoms with van der Waals surface area (Å²) in [4.78, 5) is 36.2. The first-order chi connectivity index (χ1) is 8.13. The lowest BCUT2D eigenvalue weighted by Gasteiger charge is -2.08. The number of rotatable bonds is 10. The highest BCUT2D eigenvalue weighted by molar-refractivity contribution is 5.97. The Morgan fingerprint density at radius 3 is 2.24 bits per heavy atom. The SMILES string of the molecule is CCCCCCCCC(C(C)=O)C(=O)ON=O. The zero-order valence-electron chi connectivity index (χ0n) is 10.6. The molecule has 17 heavy (non-hydrogen) atoms. The van der Waals surface area contributed by atoms with E-state index in [2.05, 4.69) is 17.1 Å². The Hall–Kier alpha value is -1.26. The largest absolute Gasteiger partial charge is 0.348 e. The number of Topliss-reactive ketones (excluding diaryl/α,β-unsaturated/α-hetero) is 1. The average Bonchev–Trinajstić information content (AvgIpc) is 2.27. The van der Waals surface area contributed by atoms with Crippen molar-refractivity contribution in [2.24, 2.45) is 11.3 Å². The number of carbonyl (C=O) groups is 2. The monoisotopic (exact) mass is 243 g/mol. The van der Waals surface area contributed by atoms with E-state index in [0.717, 1.165) is 19.3 Å². The van der Waals surface area contributed by atoms with Gasteiger partial charge in [-0.05, 0) is 13.3 Å². The van der Waals surface area contributed by atoms with Crippen molar-refractivity contribution in [1.82, 2.24) is 0 Å². The van der Waals surface area contributed by atoms with Crippen LogP contribution in [0.2, 0.25) is 0 Å². The lowest BCUT2D eigenvalue weighted by molar-refractivity contribution is -0.152. The predicted molar refractivity (Wildman–Crippen MR) is 64.1 cm³/mol. The summed E-state index contributed by atoms with van der Waals surface area (Å²) in [5.41, 5.74) is 0. The molecule has 5 heteroatoms. The molecule has 0 fully saturated rings. The molecule has 0 aromatic carbocycles. The molecule has 0 aromatic heterocycles. The molecule has 0 spiro atoms. The highest BCUT2D eigenvalue weighted by atomic mass is 16.7. The predicted octanol–water partition coefficient (Wildman–Crippen LogP) is 3.17. The normalized spacial score (nSPS) is 11.9. The van der Waals surface area contributed by atoms with Crippen LogP contribution >= 0.6 is 0 Å². The molecule has 0 aliphatic rings. The second kappa shape index (κ2) is 9.93. The van der Waals surface area contributed by atoms with Crippen molar-refractivity contribution in [3.05, 3.63) is 4.91 Å². The summed E-state index contributed by atoms with van der Waals surface area (Å²) in [6.07, 6.45) is 6.92. The molecule has 98 valence electrons. The van der Waals surface area contributed by atoms with E-state index < -0.39 is 11.9 Å². The summed E-state index contributed by atoms with van der Waals surface area (Å²) >= 11 is 0. The molecule has 0 amide bonds. The summed E-state index contributed by atoms with van der Waals surface area (Å²) in [5, 5.41) is 2.06. The lowest BCUT2D eigenvalue weighted by Crippen LogP contribution is -2.22. The molecule has 0 aliphatic heterocycles. The number of hydrogen-bond acceptors (Lipinski definition) is 5. The van der Waals surface area contributed by atoms with E-state index in [0.29, 0.717) is 6.42 Å². The number of hydrogen-bond donors (Lipinski definition) is 0. The van der Waals surface area contributed by atoms with Gasteiger partial charge in [0.15, 0.2) is 5.34 Å². The van der Waals surface area contributed by atoms with Crippen LogP contribution in [0.3, 0.4) is 0 Å². The quantitative estimate of drug-likeness (QED) is 0.256. The van der Waals surface area contributed by atoms with Gasteiger partial charge in [0.1, 0.15) is 11.7 Å². The molecule has 0 saturated heterocycles.